The minimum Gasteiger partial charge on any atom is -0.406 e. The molecule has 1 spiro atoms. The second-order valence-electron chi connectivity index (χ2n) is 6.07. The van der Waals surface area contributed by atoms with Crippen molar-refractivity contribution in [3.63, 3.8) is 0 Å². The molecule has 2 aliphatic rings. The Morgan fingerprint density at radius 1 is 1.13 bits per heavy atom. The molecule has 1 heterocycles. The van der Waals surface area contributed by atoms with Gasteiger partial charge in [0.25, 0.3) is 0 Å². The van der Waals surface area contributed by atoms with E-state index in [1.165, 1.54) is 24.3 Å². The molecule has 1 amide bonds. The molecule has 2 unspecified atom stereocenters. The molecule has 1 aromatic rings. The Morgan fingerprint density at radius 3 is 2.39 bits per heavy atom. The molecule has 4 nitrogen and oxygen atoms in total. The van der Waals surface area contributed by atoms with Crippen LogP contribution in [0.4, 0.5) is 13.2 Å². The second-order valence-corrected chi connectivity index (χ2v) is 6.07. The Bertz CT molecular complexity index is 626. The number of ether oxygens (including phenoxy) is 1. The highest BCUT2D eigenvalue weighted by Gasteiger charge is 2.51. The van der Waals surface area contributed by atoms with Gasteiger partial charge in [-0.1, -0.05) is 12.1 Å². The number of amides is 1. The van der Waals surface area contributed by atoms with Gasteiger partial charge in [0, 0.05) is 25.3 Å². The molecule has 0 aromatic heterocycles. The van der Waals surface area contributed by atoms with Gasteiger partial charge in [-0.2, -0.15) is 0 Å². The van der Waals surface area contributed by atoms with Gasteiger partial charge in [0.15, 0.2) is 0 Å². The maximum atomic E-state index is 12.3. The fraction of sp³-hybridized carbons (Fsp3) is 0.500. The summed E-state index contributed by atoms with van der Waals surface area (Å²) in [5, 5.41) is 2.81. The van der Waals surface area contributed by atoms with Gasteiger partial charge in [-0.3, -0.25) is 9.59 Å². The van der Waals surface area contributed by atoms with Gasteiger partial charge in [-0.05, 0) is 30.5 Å². The summed E-state index contributed by atoms with van der Waals surface area (Å²) in [7, 11) is 0. The molecule has 23 heavy (non-hydrogen) atoms. The lowest BCUT2D eigenvalue weighted by Gasteiger charge is -2.38. The normalized spacial score (nSPS) is 28.0. The monoisotopic (exact) mass is 327 g/mol. The first kappa shape index (κ1) is 15.8. The van der Waals surface area contributed by atoms with E-state index in [1.54, 1.807) is 0 Å². The van der Waals surface area contributed by atoms with Crippen LogP contribution in [-0.4, -0.2) is 24.6 Å². The van der Waals surface area contributed by atoms with E-state index in [2.05, 4.69) is 10.1 Å². The predicted octanol–water partition coefficient (Wildman–Crippen LogP) is 2.93. The van der Waals surface area contributed by atoms with E-state index in [9.17, 15) is 22.8 Å². The molecule has 0 bridgehead atoms. The van der Waals surface area contributed by atoms with Gasteiger partial charge in [0.2, 0.25) is 5.91 Å². The summed E-state index contributed by atoms with van der Waals surface area (Å²) >= 11 is 0. The lowest BCUT2D eigenvalue weighted by atomic mass is 9.62. The van der Waals surface area contributed by atoms with E-state index in [1.807, 2.05) is 0 Å². The number of ketones is 1. The summed E-state index contributed by atoms with van der Waals surface area (Å²) in [4.78, 5) is 24.1. The maximum Gasteiger partial charge on any atom is 0.573 e. The number of carbonyl (C=O) groups excluding carboxylic acids is 2. The smallest absolute Gasteiger partial charge is 0.406 e. The molecule has 1 aliphatic heterocycles. The van der Waals surface area contributed by atoms with E-state index in [0.717, 1.165) is 0 Å². The van der Waals surface area contributed by atoms with Crippen molar-refractivity contribution >= 4 is 11.7 Å². The Morgan fingerprint density at radius 2 is 1.83 bits per heavy atom. The van der Waals surface area contributed by atoms with E-state index < -0.39 is 11.8 Å². The highest BCUT2D eigenvalue weighted by atomic mass is 19.4. The number of benzene rings is 1. The third kappa shape index (κ3) is 3.04. The van der Waals surface area contributed by atoms with Gasteiger partial charge in [0.05, 0.1) is 5.41 Å². The molecule has 124 valence electrons. The number of rotatable bonds is 2. The zero-order valence-corrected chi connectivity index (χ0v) is 12.3. The predicted molar refractivity (Wildman–Crippen MR) is 74.8 cm³/mol. The summed E-state index contributed by atoms with van der Waals surface area (Å²) in [6.45, 7) is 0.568. The average Bonchev–Trinajstić information content (AvgIpc) is 2.83. The Labute approximate surface area is 131 Å². The SMILES string of the molecule is O=C1CCC2(CCNC2=O)C(c2ccc(OC(F)(F)F)cc2)C1. The number of hydrogen-bond donors (Lipinski definition) is 1. The molecule has 7 heteroatoms. The highest BCUT2D eigenvalue weighted by Crippen LogP contribution is 2.50. The molecule has 3 rings (SSSR count). The number of carbonyl (C=O) groups is 2. The Balaban J connectivity index is 1.88. The molecule has 1 aromatic carbocycles. The van der Waals surface area contributed by atoms with Crippen LogP contribution in [0.3, 0.4) is 0 Å². The van der Waals surface area contributed by atoms with Crippen molar-refractivity contribution in [3.8, 4) is 5.75 Å². The van der Waals surface area contributed by atoms with Crippen molar-refractivity contribution in [1.82, 2.24) is 5.32 Å². The fourth-order valence-corrected chi connectivity index (χ4v) is 3.66. The first-order valence-electron chi connectivity index (χ1n) is 7.46. The standard InChI is InChI=1S/C16H16F3NO3/c17-16(18,19)23-12-3-1-10(2-4-12)13-9-11(21)5-6-15(13)7-8-20-14(15)22/h1-4,13H,5-9H2,(H,20,22). The van der Waals surface area contributed by atoms with Crippen LogP contribution >= 0.6 is 0 Å². The van der Waals surface area contributed by atoms with Gasteiger partial charge in [-0.25, -0.2) is 0 Å². The Hall–Kier alpha value is -2.05. The molecule has 0 radical (unpaired) electrons. The van der Waals surface area contributed by atoms with Crippen molar-refractivity contribution in [2.75, 3.05) is 6.54 Å². The molecular weight excluding hydrogens is 311 g/mol. The number of halogens is 3. The minimum absolute atomic E-state index is 0.0642. The second kappa shape index (κ2) is 5.54. The average molecular weight is 327 g/mol. The summed E-state index contributed by atoms with van der Waals surface area (Å²) in [6.07, 6.45) is -2.99. The molecular formula is C16H16F3NO3. The van der Waals surface area contributed by atoms with E-state index in [-0.39, 0.29) is 29.8 Å². The van der Waals surface area contributed by atoms with Crippen LogP contribution in [0, 0.1) is 5.41 Å². The van der Waals surface area contributed by atoms with Gasteiger partial charge in [0.1, 0.15) is 11.5 Å². The third-order valence-electron chi connectivity index (χ3n) is 4.77. The number of alkyl halides is 3. The summed E-state index contributed by atoms with van der Waals surface area (Å²) in [6, 6.07) is 5.47. The van der Waals surface area contributed by atoms with E-state index in [0.29, 0.717) is 31.4 Å². The van der Waals surface area contributed by atoms with Crippen LogP contribution < -0.4 is 10.1 Å². The molecule has 1 aliphatic carbocycles. The first-order chi connectivity index (χ1) is 10.8. The van der Waals surface area contributed by atoms with Crippen molar-refractivity contribution in [2.24, 2.45) is 5.41 Å². The van der Waals surface area contributed by atoms with Crippen LogP contribution in [0.5, 0.6) is 5.75 Å². The summed E-state index contributed by atoms with van der Waals surface area (Å²) < 4.78 is 40.5. The largest absolute Gasteiger partial charge is 0.573 e. The van der Waals surface area contributed by atoms with Crippen LogP contribution in [0.1, 0.15) is 37.2 Å². The lowest BCUT2D eigenvalue weighted by Crippen LogP contribution is -2.41. The van der Waals surface area contributed by atoms with Gasteiger partial charge >= 0.3 is 6.36 Å². The molecule has 1 saturated heterocycles. The number of nitrogens with one attached hydrogen (secondary N) is 1. The van der Waals surface area contributed by atoms with Gasteiger partial charge < -0.3 is 10.1 Å². The quantitative estimate of drug-likeness (QED) is 0.909. The molecule has 1 saturated carbocycles. The van der Waals surface area contributed by atoms with Crippen LogP contribution in [0.2, 0.25) is 0 Å². The maximum absolute atomic E-state index is 12.3. The lowest BCUT2D eigenvalue weighted by molar-refractivity contribution is -0.274. The minimum atomic E-state index is -4.74. The van der Waals surface area contributed by atoms with E-state index in [4.69, 9.17) is 0 Å². The van der Waals surface area contributed by atoms with Crippen molar-refractivity contribution in [3.05, 3.63) is 29.8 Å². The molecule has 2 fully saturated rings. The highest BCUT2D eigenvalue weighted by molar-refractivity contribution is 5.90. The van der Waals surface area contributed by atoms with Gasteiger partial charge in [-0.15, -0.1) is 13.2 Å². The fourth-order valence-electron chi connectivity index (χ4n) is 3.66. The summed E-state index contributed by atoms with van der Waals surface area (Å²) in [5.74, 6) is -0.596. The molecule has 2 atom stereocenters. The van der Waals surface area contributed by atoms with Crippen molar-refractivity contribution in [1.29, 1.82) is 0 Å². The summed E-state index contributed by atoms with van der Waals surface area (Å²) in [5.41, 5.74) is 0.0740. The van der Waals surface area contributed by atoms with Crippen molar-refractivity contribution in [2.45, 2.75) is 38.0 Å². The molecule has 1 N–H and O–H groups in total. The Kier molecular flexibility index (Phi) is 3.82. The number of Topliss-reactive ketones (excluding diaryl/α,β-unsaturated/α-hetero) is 1. The third-order valence-corrected chi connectivity index (χ3v) is 4.77. The zero-order valence-electron chi connectivity index (χ0n) is 12.3. The van der Waals surface area contributed by atoms with Crippen LogP contribution in [0.15, 0.2) is 24.3 Å². The van der Waals surface area contributed by atoms with E-state index >= 15 is 0 Å². The topological polar surface area (TPSA) is 55.4 Å². The van der Waals surface area contributed by atoms with Crippen LogP contribution in [0.25, 0.3) is 0 Å². The van der Waals surface area contributed by atoms with Crippen molar-refractivity contribution < 1.29 is 27.5 Å². The zero-order chi connectivity index (χ0) is 16.7. The first-order valence-corrected chi connectivity index (χ1v) is 7.46. The number of hydrogen-bond acceptors (Lipinski definition) is 3. The van der Waals surface area contributed by atoms with Crippen LogP contribution in [-0.2, 0) is 9.59 Å².